The van der Waals surface area contributed by atoms with Crippen molar-refractivity contribution in [2.45, 2.75) is 31.2 Å². The Morgan fingerprint density at radius 2 is 2.38 bits per heavy atom. The summed E-state index contributed by atoms with van der Waals surface area (Å²) in [5.74, 6) is 0.649. The van der Waals surface area contributed by atoms with Gasteiger partial charge in [-0.15, -0.1) is 0 Å². The first kappa shape index (κ1) is 14.5. The van der Waals surface area contributed by atoms with Crippen molar-refractivity contribution in [2.24, 2.45) is 0 Å². The Morgan fingerprint density at radius 3 is 3.14 bits per heavy atom. The van der Waals surface area contributed by atoms with Crippen LogP contribution in [-0.4, -0.2) is 55.3 Å². The summed E-state index contributed by atoms with van der Waals surface area (Å²) in [6.45, 7) is 2.49. The minimum absolute atomic E-state index is 0.0868. The fourth-order valence-corrected chi connectivity index (χ4v) is 2.76. The maximum Gasteiger partial charge on any atom is 0.254 e. The van der Waals surface area contributed by atoms with Gasteiger partial charge in [0.2, 0.25) is 0 Å². The van der Waals surface area contributed by atoms with Gasteiger partial charge in [-0.3, -0.25) is 9.78 Å². The first-order chi connectivity index (χ1) is 10.3. The Morgan fingerprint density at radius 1 is 1.52 bits per heavy atom. The molecule has 21 heavy (non-hydrogen) atoms. The van der Waals surface area contributed by atoms with Crippen molar-refractivity contribution in [1.29, 1.82) is 0 Å². The van der Waals surface area contributed by atoms with Gasteiger partial charge >= 0.3 is 0 Å². The number of ether oxygens (including phenoxy) is 2. The van der Waals surface area contributed by atoms with Crippen LogP contribution in [0.2, 0.25) is 0 Å². The summed E-state index contributed by atoms with van der Waals surface area (Å²) in [7, 11) is 1.68. The molecule has 1 aromatic heterocycles. The number of carbonyl (C=O) groups excluding carboxylic acids is 1. The highest BCUT2D eigenvalue weighted by Crippen LogP contribution is 2.39. The van der Waals surface area contributed by atoms with Gasteiger partial charge in [0, 0.05) is 43.6 Å². The van der Waals surface area contributed by atoms with Crippen molar-refractivity contribution in [3.63, 3.8) is 0 Å². The third kappa shape index (κ3) is 3.41. The van der Waals surface area contributed by atoms with Crippen LogP contribution < -0.4 is 0 Å². The van der Waals surface area contributed by atoms with Crippen LogP contribution in [0.4, 0.5) is 0 Å². The molecule has 1 saturated carbocycles. The second-order valence-electron chi connectivity index (χ2n) is 5.75. The number of pyridine rings is 1. The molecule has 1 saturated heterocycles. The standard InChI is InChI=1S/C16H22N2O3/c1-20-8-5-14-11-21-9-7-18(14)16(19)13-4-6-17-15(10-13)12-2-3-12/h4,6,10,12,14H,2-3,5,7-9,11H2,1H3/t14-/m0/s1. The van der Waals surface area contributed by atoms with Crippen LogP contribution in [0.15, 0.2) is 18.3 Å². The summed E-state index contributed by atoms with van der Waals surface area (Å²) >= 11 is 0. The zero-order valence-corrected chi connectivity index (χ0v) is 12.5. The molecular formula is C16H22N2O3. The van der Waals surface area contributed by atoms with Gasteiger partial charge in [0.25, 0.3) is 5.91 Å². The van der Waals surface area contributed by atoms with Crippen LogP contribution in [0, 0.1) is 0 Å². The van der Waals surface area contributed by atoms with Crippen LogP contribution in [0.5, 0.6) is 0 Å². The average molecular weight is 290 g/mol. The van der Waals surface area contributed by atoms with Crippen molar-refractivity contribution in [3.8, 4) is 0 Å². The van der Waals surface area contributed by atoms with E-state index < -0.39 is 0 Å². The molecule has 0 aromatic carbocycles. The highest BCUT2D eigenvalue weighted by molar-refractivity contribution is 5.94. The maximum absolute atomic E-state index is 12.8. The van der Waals surface area contributed by atoms with E-state index in [1.165, 1.54) is 12.8 Å². The average Bonchev–Trinajstić information content (AvgIpc) is 3.37. The molecule has 1 aromatic rings. The van der Waals surface area contributed by atoms with E-state index in [2.05, 4.69) is 4.98 Å². The lowest BCUT2D eigenvalue weighted by Crippen LogP contribution is -2.49. The lowest BCUT2D eigenvalue weighted by atomic mass is 10.1. The largest absolute Gasteiger partial charge is 0.385 e. The van der Waals surface area contributed by atoms with E-state index in [9.17, 15) is 4.79 Å². The second-order valence-corrected chi connectivity index (χ2v) is 5.75. The molecule has 0 bridgehead atoms. The Hall–Kier alpha value is -1.46. The van der Waals surface area contributed by atoms with Crippen molar-refractivity contribution in [1.82, 2.24) is 9.88 Å². The molecule has 3 rings (SSSR count). The van der Waals surface area contributed by atoms with Crippen molar-refractivity contribution in [2.75, 3.05) is 33.5 Å². The Labute approximate surface area is 125 Å². The molecule has 0 spiro atoms. The SMILES string of the molecule is COCC[C@H]1COCCN1C(=O)c1ccnc(C2CC2)c1. The highest BCUT2D eigenvalue weighted by atomic mass is 16.5. The van der Waals surface area contributed by atoms with Crippen molar-refractivity contribution >= 4 is 5.91 Å². The molecular weight excluding hydrogens is 268 g/mol. The topological polar surface area (TPSA) is 51.7 Å². The first-order valence-electron chi connectivity index (χ1n) is 7.63. The smallest absolute Gasteiger partial charge is 0.254 e. The van der Waals surface area contributed by atoms with Crippen LogP contribution in [0.25, 0.3) is 0 Å². The molecule has 1 aliphatic heterocycles. The quantitative estimate of drug-likeness (QED) is 0.830. The molecule has 0 N–H and O–H groups in total. The van der Waals surface area contributed by atoms with Gasteiger partial charge in [-0.25, -0.2) is 0 Å². The maximum atomic E-state index is 12.8. The third-order valence-electron chi connectivity index (χ3n) is 4.17. The van der Waals surface area contributed by atoms with Gasteiger partial charge in [0.05, 0.1) is 19.3 Å². The highest BCUT2D eigenvalue weighted by Gasteiger charge is 2.30. The van der Waals surface area contributed by atoms with Gasteiger partial charge in [-0.05, 0) is 31.4 Å². The summed E-state index contributed by atoms with van der Waals surface area (Å²) in [6.07, 6.45) is 4.95. The zero-order valence-electron chi connectivity index (χ0n) is 12.5. The molecule has 1 aliphatic carbocycles. The van der Waals surface area contributed by atoms with Crippen LogP contribution in [0.1, 0.15) is 41.2 Å². The summed E-state index contributed by atoms with van der Waals surface area (Å²) in [5, 5.41) is 0. The molecule has 5 heteroatoms. The number of methoxy groups -OCH3 is 1. The van der Waals surface area contributed by atoms with Gasteiger partial charge in [-0.2, -0.15) is 0 Å². The predicted molar refractivity (Wildman–Crippen MR) is 78.3 cm³/mol. The fraction of sp³-hybridized carbons (Fsp3) is 0.625. The van der Waals surface area contributed by atoms with E-state index in [0.29, 0.717) is 32.3 Å². The van der Waals surface area contributed by atoms with Crippen LogP contribution in [0.3, 0.4) is 0 Å². The molecule has 1 amide bonds. The lowest BCUT2D eigenvalue weighted by molar-refractivity contribution is -0.0104. The molecule has 2 aliphatic rings. The molecule has 0 unspecified atom stereocenters. The number of amides is 1. The van der Waals surface area contributed by atoms with E-state index in [-0.39, 0.29) is 11.9 Å². The molecule has 5 nitrogen and oxygen atoms in total. The van der Waals surface area contributed by atoms with Gasteiger partial charge in [0.15, 0.2) is 0 Å². The lowest BCUT2D eigenvalue weighted by Gasteiger charge is -2.35. The number of carbonyl (C=O) groups is 1. The fourth-order valence-electron chi connectivity index (χ4n) is 2.76. The summed E-state index contributed by atoms with van der Waals surface area (Å²) in [5.41, 5.74) is 1.80. The van der Waals surface area contributed by atoms with E-state index in [4.69, 9.17) is 9.47 Å². The minimum Gasteiger partial charge on any atom is -0.385 e. The normalized spacial score (nSPS) is 22.3. The molecule has 114 valence electrons. The number of rotatable bonds is 5. The number of morpholine rings is 1. The molecule has 1 atom stereocenters. The minimum atomic E-state index is 0.0868. The number of aromatic nitrogens is 1. The van der Waals surface area contributed by atoms with Crippen LogP contribution >= 0.6 is 0 Å². The second kappa shape index (κ2) is 6.54. The van der Waals surface area contributed by atoms with Crippen LogP contribution in [-0.2, 0) is 9.47 Å². The van der Waals surface area contributed by atoms with E-state index in [1.54, 1.807) is 13.3 Å². The van der Waals surface area contributed by atoms with Crippen molar-refractivity contribution in [3.05, 3.63) is 29.6 Å². The Kier molecular flexibility index (Phi) is 4.51. The summed E-state index contributed by atoms with van der Waals surface area (Å²) in [4.78, 5) is 19.1. The summed E-state index contributed by atoms with van der Waals surface area (Å²) in [6, 6.07) is 3.88. The summed E-state index contributed by atoms with van der Waals surface area (Å²) < 4.78 is 10.6. The molecule has 0 radical (unpaired) electrons. The number of hydrogen-bond acceptors (Lipinski definition) is 4. The Balaban J connectivity index is 1.73. The molecule has 2 heterocycles. The molecule has 2 fully saturated rings. The van der Waals surface area contributed by atoms with E-state index >= 15 is 0 Å². The number of nitrogens with zero attached hydrogens (tertiary/aromatic N) is 2. The predicted octanol–water partition coefficient (Wildman–Crippen LogP) is 1.84. The van der Waals surface area contributed by atoms with Crippen molar-refractivity contribution < 1.29 is 14.3 Å². The van der Waals surface area contributed by atoms with E-state index in [0.717, 1.165) is 17.7 Å². The third-order valence-corrected chi connectivity index (χ3v) is 4.17. The van der Waals surface area contributed by atoms with Gasteiger partial charge in [0.1, 0.15) is 0 Å². The van der Waals surface area contributed by atoms with E-state index in [1.807, 2.05) is 17.0 Å². The Bertz CT molecular complexity index is 502. The van der Waals surface area contributed by atoms with Gasteiger partial charge < -0.3 is 14.4 Å². The zero-order chi connectivity index (χ0) is 14.7. The first-order valence-corrected chi connectivity index (χ1v) is 7.63. The van der Waals surface area contributed by atoms with Gasteiger partial charge in [-0.1, -0.05) is 0 Å². The number of hydrogen-bond donors (Lipinski definition) is 0. The monoisotopic (exact) mass is 290 g/mol.